The lowest BCUT2D eigenvalue weighted by Gasteiger charge is -2.32. The minimum absolute atomic E-state index is 0.168. The second kappa shape index (κ2) is 6.13. The van der Waals surface area contributed by atoms with Crippen LogP contribution < -0.4 is 14.5 Å². The average molecular weight is 382 g/mol. The van der Waals surface area contributed by atoms with E-state index in [0.29, 0.717) is 22.7 Å². The highest BCUT2D eigenvalue weighted by Gasteiger charge is 2.63. The van der Waals surface area contributed by atoms with Crippen LogP contribution in [0.1, 0.15) is 19.4 Å². The Morgan fingerprint density at radius 3 is 2.41 bits per heavy atom. The number of para-hydroxylation sites is 1. The molecule has 1 fully saturated rings. The van der Waals surface area contributed by atoms with Gasteiger partial charge in [0.25, 0.3) is 5.91 Å². The van der Waals surface area contributed by atoms with Gasteiger partial charge in [-0.15, -0.1) is 11.8 Å². The number of amides is 3. The molecule has 138 valence electrons. The molecule has 0 unspecified atom stereocenters. The summed E-state index contributed by atoms with van der Waals surface area (Å²) in [4.78, 5) is 40.2. The SMILES string of the molecule is COc1ccc(N2C(=O)[C@H](C)S[C@]23C(=O)N(C(C)=O)c2ccccc23)cc1. The fraction of sp³-hybridized carbons (Fsp3) is 0.250. The molecule has 2 heterocycles. The van der Waals surface area contributed by atoms with Crippen molar-refractivity contribution in [3.8, 4) is 5.75 Å². The zero-order valence-corrected chi connectivity index (χ0v) is 15.9. The van der Waals surface area contributed by atoms with E-state index in [4.69, 9.17) is 4.74 Å². The predicted molar refractivity (Wildman–Crippen MR) is 104 cm³/mol. The van der Waals surface area contributed by atoms with Crippen LogP contribution in [0.15, 0.2) is 48.5 Å². The molecule has 2 aromatic carbocycles. The first-order valence-corrected chi connectivity index (χ1v) is 9.40. The number of imide groups is 1. The molecule has 0 aromatic heterocycles. The molecule has 1 saturated heterocycles. The van der Waals surface area contributed by atoms with Crippen LogP contribution in [0.2, 0.25) is 0 Å². The molecule has 2 aliphatic rings. The number of nitrogens with zero attached hydrogens (tertiary/aromatic N) is 2. The zero-order chi connectivity index (χ0) is 19.3. The number of rotatable bonds is 2. The Bertz CT molecular complexity index is 959. The Balaban J connectivity index is 1.95. The summed E-state index contributed by atoms with van der Waals surface area (Å²) >= 11 is 1.27. The fourth-order valence-electron chi connectivity index (χ4n) is 3.71. The molecular formula is C20H18N2O4S. The van der Waals surface area contributed by atoms with E-state index in [1.54, 1.807) is 50.4 Å². The van der Waals surface area contributed by atoms with Gasteiger partial charge < -0.3 is 4.74 Å². The van der Waals surface area contributed by atoms with Gasteiger partial charge in [-0.1, -0.05) is 18.2 Å². The first-order valence-electron chi connectivity index (χ1n) is 8.52. The lowest BCUT2D eigenvalue weighted by Crippen LogP contribution is -2.50. The van der Waals surface area contributed by atoms with E-state index in [9.17, 15) is 14.4 Å². The highest BCUT2D eigenvalue weighted by molar-refractivity contribution is 8.03. The topological polar surface area (TPSA) is 66.9 Å². The van der Waals surface area contributed by atoms with Gasteiger partial charge in [0.2, 0.25) is 16.7 Å². The quantitative estimate of drug-likeness (QED) is 0.799. The molecule has 0 saturated carbocycles. The number of ether oxygens (including phenoxy) is 1. The minimum atomic E-state index is -1.28. The van der Waals surface area contributed by atoms with E-state index in [2.05, 4.69) is 0 Å². The molecule has 1 spiro atoms. The number of anilines is 2. The van der Waals surface area contributed by atoms with Crippen LogP contribution in [0.4, 0.5) is 11.4 Å². The molecule has 27 heavy (non-hydrogen) atoms. The van der Waals surface area contributed by atoms with Gasteiger partial charge in [-0.3, -0.25) is 19.3 Å². The maximum atomic E-state index is 13.5. The predicted octanol–water partition coefficient (Wildman–Crippen LogP) is 2.91. The third-order valence-corrected chi connectivity index (χ3v) is 6.35. The molecule has 0 N–H and O–H groups in total. The third kappa shape index (κ3) is 2.31. The van der Waals surface area contributed by atoms with E-state index in [-0.39, 0.29) is 11.8 Å². The van der Waals surface area contributed by atoms with Gasteiger partial charge in [-0.05, 0) is 37.3 Å². The van der Waals surface area contributed by atoms with E-state index >= 15 is 0 Å². The Labute approximate surface area is 161 Å². The number of fused-ring (bicyclic) bond motifs is 2. The van der Waals surface area contributed by atoms with Gasteiger partial charge in [0.05, 0.1) is 18.0 Å². The molecule has 3 amide bonds. The number of carbonyl (C=O) groups excluding carboxylic acids is 3. The highest BCUT2D eigenvalue weighted by Crippen LogP contribution is 2.57. The first kappa shape index (κ1) is 17.6. The van der Waals surface area contributed by atoms with Crippen LogP contribution in [0.25, 0.3) is 0 Å². The van der Waals surface area contributed by atoms with E-state index in [1.807, 2.05) is 12.1 Å². The maximum Gasteiger partial charge on any atom is 0.275 e. The summed E-state index contributed by atoms with van der Waals surface area (Å²) < 4.78 is 5.19. The second-order valence-corrected chi connectivity index (χ2v) is 7.99. The average Bonchev–Trinajstić information content (AvgIpc) is 3.07. The van der Waals surface area contributed by atoms with Crippen molar-refractivity contribution in [1.82, 2.24) is 0 Å². The Morgan fingerprint density at radius 2 is 1.78 bits per heavy atom. The maximum absolute atomic E-state index is 13.5. The molecular weight excluding hydrogens is 364 g/mol. The Morgan fingerprint density at radius 1 is 1.11 bits per heavy atom. The monoisotopic (exact) mass is 382 g/mol. The van der Waals surface area contributed by atoms with E-state index in [1.165, 1.54) is 28.5 Å². The lowest BCUT2D eigenvalue weighted by molar-refractivity contribution is -0.128. The van der Waals surface area contributed by atoms with Crippen molar-refractivity contribution in [2.24, 2.45) is 0 Å². The van der Waals surface area contributed by atoms with E-state index in [0.717, 1.165) is 0 Å². The Kier molecular flexibility index (Phi) is 3.99. The fourth-order valence-corrected chi connectivity index (χ4v) is 5.22. The number of carbonyl (C=O) groups is 3. The number of hydrogen-bond acceptors (Lipinski definition) is 5. The second-order valence-electron chi connectivity index (χ2n) is 6.45. The molecule has 6 nitrogen and oxygen atoms in total. The summed E-state index contributed by atoms with van der Waals surface area (Å²) in [6, 6.07) is 14.2. The minimum Gasteiger partial charge on any atom is -0.497 e. The van der Waals surface area contributed by atoms with Crippen LogP contribution in [0.3, 0.4) is 0 Å². The molecule has 2 atom stereocenters. The van der Waals surface area contributed by atoms with Crippen molar-refractivity contribution >= 4 is 40.9 Å². The van der Waals surface area contributed by atoms with Gasteiger partial charge >= 0.3 is 0 Å². The summed E-state index contributed by atoms with van der Waals surface area (Å²) in [5.41, 5.74) is 1.78. The molecule has 0 aliphatic carbocycles. The van der Waals surface area contributed by atoms with Gasteiger partial charge in [-0.25, -0.2) is 4.90 Å². The number of benzene rings is 2. The van der Waals surface area contributed by atoms with Crippen molar-refractivity contribution in [3.63, 3.8) is 0 Å². The molecule has 2 aromatic rings. The first-order chi connectivity index (χ1) is 12.9. The smallest absolute Gasteiger partial charge is 0.275 e. The number of thioether (sulfide) groups is 1. The normalized spacial score (nSPS) is 23.9. The van der Waals surface area contributed by atoms with Crippen LogP contribution >= 0.6 is 11.8 Å². The largest absolute Gasteiger partial charge is 0.497 e. The molecule has 2 aliphatic heterocycles. The van der Waals surface area contributed by atoms with Crippen molar-refractivity contribution in [2.45, 2.75) is 24.0 Å². The standard InChI is InChI=1S/C20H18N2O4S/c1-12-18(24)22(14-8-10-15(26-3)11-9-14)20(27-12)16-6-4-5-7-17(16)21(13(2)23)19(20)25/h4-12H,1-3H3/t12-,20+/m0/s1. The number of methoxy groups -OCH3 is 1. The van der Waals surface area contributed by atoms with Crippen molar-refractivity contribution < 1.29 is 19.1 Å². The molecule has 7 heteroatoms. The van der Waals surface area contributed by atoms with Crippen molar-refractivity contribution in [1.29, 1.82) is 0 Å². The summed E-state index contributed by atoms with van der Waals surface area (Å²) in [5, 5.41) is -0.420. The number of hydrogen-bond donors (Lipinski definition) is 0. The molecule has 4 rings (SSSR count). The summed E-state index contributed by atoms with van der Waals surface area (Å²) in [6.07, 6.45) is 0. The zero-order valence-electron chi connectivity index (χ0n) is 15.1. The van der Waals surface area contributed by atoms with Crippen LogP contribution in [-0.4, -0.2) is 30.1 Å². The lowest BCUT2D eigenvalue weighted by atomic mass is 10.0. The third-order valence-electron chi connectivity index (χ3n) is 4.88. The van der Waals surface area contributed by atoms with Crippen LogP contribution in [-0.2, 0) is 19.3 Å². The van der Waals surface area contributed by atoms with Gasteiger partial charge in [0, 0.05) is 18.2 Å². The van der Waals surface area contributed by atoms with Gasteiger partial charge in [0.15, 0.2) is 0 Å². The van der Waals surface area contributed by atoms with Crippen molar-refractivity contribution in [2.75, 3.05) is 16.9 Å². The summed E-state index contributed by atoms with van der Waals surface area (Å²) in [6.45, 7) is 3.14. The van der Waals surface area contributed by atoms with Crippen LogP contribution in [0.5, 0.6) is 5.75 Å². The molecule has 0 bridgehead atoms. The summed E-state index contributed by atoms with van der Waals surface area (Å²) in [5.74, 6) is -0.288. The Hall–Kier alpha value is -2.80. The van der Waals surface area contributed by atoms with E-state index < -0.39 is 16.0 Å². The molecule has 0 radical (unpaired) electrons. The van der Waals surface area contributed by atoms with Crippen LogP contribution in [0, 0.1) is 0 Å². The van der Waals surface area contributed by atoms with Gasteiger partial charge in [-0.2, -0.15) is 0 Å². The van der Waals surface area contributed by atoms with Crippen molar-refractivity contribution in [3.05, 3.63) is 54.1 Å². The highest BCUT2D eigenvalue weighted by atomic mass is 32.2. The van der Waals surface area contributed by atoms with Gasteiger partial charge in [0.1, 0.15) is 5.75 Å². The summed E-state index contributed by atoms with van der Waals surface area (Å²) in [7, 11) is 1.57.